The molecule has 0 spiro atoms. The van der Waals surface area contributed by atoms with Gasteiger partial charge in [0.2, 0.25) is 0 Å². The SMILES string of the molecule is CCN(CC)CCN(C)CC(P)(CC)CC. The molecule has 0 bridgehead atoms. The Labute approximate surface area is 105 Å². The standard InChI is InChI=1S/C13H31N2P/c1-6-13(16,7-2)12-14(5)10-11-15(8-3)9-4/h6-12,16H2,1-5H3. The summed E-state index contributed by atoms with van der Waals surface area (Å²) in [6.07, 6.45) is 2.48. The lowest BCUT2D eigenvalue weighted by molar-refractivity contribution is 0.224. The monoisotopic (exact) mass is 246 g/mol. The topological polar surface area (TPSA) is 6.48 Å². The van der Waals surface area contributed by atoms with Crippen molar-refractivity contribution < 1.29 is 0 Å². The Hall–Kier alpha value is 0.350. The molecule has 0 aliphatic rings. The third kappa shape index (κ3) is 6.18. The Bertz CT molecular complexity index is 165. The Morgan fingerprint density at radius 2 is 1.44 bits per heavy atom. The molecular weight excluding hydrogens is 215 g/mol. The van der Waals surface area contributed by atoms with Gasteiger partial charge in [0.1, 0.15) is 0 Å². The Morgan fingerprint density at radius 1 is 0.938 bits per heavy atom. The molecule has 0 heterocycles. The van der Waals surface area contributed by atoms with E-state index in [2.05, 4.69) is 53.8 Å². The second-order valence-corrected chi connectivity index (χ2v) is 6.06. The maximum Gasteiger partial charge on any atom is 0.0109 e. The van der Waals surface area contributed by atoms with Crippen LogP contribution in [-0.4, -0.2) is 54.7 Å². The molecule has 2 nitrogen and oxygen atoms in total. The molecular formula is C13H31N2P. The highest BCUT2D eigenvalue weighted by atomic mass is 31.0. The molecule has 0 radical (unpaired) electrons. The Morgan fingerprint density at radius 3 is 1.81 bits per heavy atom. The number of hydrogen-bond donors (Lipinski definition) is 0. The van der Waals surface area contributed by atoms with Crippen molar-refractivity contribution in [2.45, 2.75) is 45.7 Å². The fourth-order valence-corrected chi connectivity index (χ4v) is 2.25. The van der Waals surface area contributed by atoms with Crippen LogP contribution in [-0.2, 0) is 0 Å². The van der Waals surface area contributed by atoms with Crippen LogP contribution in [0.4, 0.5) is 0 Å². The molecule has 98 valence electrons. The lowest BCUT2D eigenvalue weighted by Gasteiger charge is -2.32. The summed E-state index contributed by atoms with van der Waals surface area (Å²) < 4.78 is 0. The summed E-state index contributed by atoms with van der Waals surface area (Å²) in [5.74, 6) is 0. The van der Waals surface area contributed by atoms with E-state index in [0.717, 1.165) is 13.1 Å². The fourth-order valence-electron chi connectivity index (χ4n) is 1.94. The minimum atomic E-state index is 0.415. The summed E-state index contributed by atoms with van der Waals surface area (Å²) >= 11 is 0. The predicted molar refractivity (Wildman–Crippen MR) is 78.3 cm³/mol. The van der Waals surface area contributed by atoms with Crippen LogP contribution in [0.2, 0.25) is 0 Å². The van der Waals surface area contributed by atoms with Crippen LogP contribution >= 0.6 is 9.24 Å². The normalized spacial score (nSPS) is 12.8. The van der Waals surface area contributed by atoms with Gasteiger partial charge in [-0.05, 0) is 38.1 Å². The van der Waals surface area contributed by atoms with Crippen LogP contribution in [0, 0.1) is 0 Å². The van der Waals surface area contributed by atoms with Gasteiger partial charge in [0, 0.05) is 19.6 Å². The molecule has 0 aromatic rings. The first kappa shape index (κ1) is 16.4. The van der Waals surface area contributed by atoms with Crippen molar-refractivity contribution in [3.05, 3.63) is 0 Å². The lowest BCUT2D eigenvalue weighted by Crippen LogP contribution is -2.40. The molecule has 0 N–H and O–H groups in total. The number of likely N-dealkylation sites (N-methyl/N-ethyl adjacent to an activating group) is 2. The van der Waals surface area contributed by atoms with Gasteiger partial charge in [-0.1, -0.05) is 27.7 Å². The van der Waals surface area contributed by atoms with E-state index in [1.54, 1.807) is 0 Å². The van der Waals surface area contributed by atoms with Crippen molar-refractivity contribution >= 4 is 9.24 Å². The maximum atomic E-state index is 3.06. The van der Waals surface area contributed by atoms with Crippen molar-refractivity contribution in [1.29, 1.82) is 0 Å². The first-order chi connectivity index (χ1) is 7.51. The first-order valence-corrected chi connectivity index (χ1v) is 7.28. The van der Waals surface area contributed by atoms with Crippen molar-refractivity contribution in [1.82, 2.24) is 9.80 Å². The smallest absolute Gasteiger partial charge is 0.0109 e. The highest BCUT2D eigenvalue weighted by molar-refractivity contribution is 7.19. The second-order valence-electron chi connectivity index (χ2n) is 4.83. The zero-order chi connectivity index (χ0) is 12.6. The van der Waals surface area contributed by atoms with E-state index in [1.165, 1.54) is 32.5 Å². The van der Waals surface area contributed by atoms with Crippen molar-refractivity contribution in [2.75, 3.05) is 39.8 Å². The quantitative estimate of drug-likeness (QED) is 0.577. The highest BCUT2D eigenvalue weighted by Gasteiger charge is 2.21. The molecule has 0 amide bonds. The summed E-state index contributed by atoms with van der Waals surface area (Å²) in [6.45, 7) is 14.9. The Kier molecular flexibility index (Phi) is 8.63. The molecule has 0 aliphatic carbocycles. The Balaban J connectivity index is 3.93. The van der Waals surface area contributed by atoms with Gasteiger partial charge in [0.25, 0.3) is 0 Å². The largest absolute Gasteiger partial charge is 0.304 e. The van der Waals surface area contributed by atoms with E-state index < -0.39 is 0 Å². The van der Waals surface area contributed by atoms with Crippen molar-refractivity contribution in [3.63, 3.8) is 0 Å². The van der Waals surface area contributed by atoms with Gasteiger partial charge in [0.15, 0.2) is 0 Å². The summed E-state index contributed by atoms with van der Waals surface area (Å²) in [4.78, 5) is 4.96. The minimum Gasteiger partial charge on any atom is -0.304 e. The van der Waals surface area contributed by atoms with Gasteiger partial charge in [-0.3, -0.25) is 0 Å². The number of rotatable bonds is 9. The zero-order valence-electron chi connectivity index (χ0n) is 11.9. The summed E-state index contributed by atoms with van der Waals surface area (Å²) in [5, 5.41) is 0.415. The maximum absolute atomic E-state index is 3.06. The third-order valence-corrected chi connectivity index (χ3v) is 4.68. The highest BCUT2D eigenvalue weighted by Crippen LogP contribution is 2.27. The predicted octanol–water partition coefficient (Wildman–Crippen LogP) is 2.69. The molecule has 0 aromatic heterocycles. The number of hydrogen-bond acceptors (Lipinski definition) is 2. The van der Waals surface area contributed by atoms with Gasteiger partial charge in [-0.15, -0.1) is 9.24 Å². The van der Waals surface area contributed by atoms with E-state index >= 15 is 0 Å². The van der Waals surface area contributed by atoms with Gasteiger partial charge in [-0.25, -0.2) is 0 Å². The molecule has 3 heteroatoms. The van der Waals surface area contributed by atoms with Crippen LogP contribution in [0.1, 0.15) is 40.5 Å². The van der Waals surface area contributed by atoms with E-state index in [1.807, 2.05) is 0 Å². The van der Waals surface area contributed by atoms with Crippen molar-refractivity contribution in [3.8, 4) is 0 Å². The van der Waals surface area contributed by atoms with Gasteiger partial charge in [0.05, 0.1) is 0 Å². The van der Waals surface area contributed by atoms with Crippen LogP contribution in [0.25, 0.3) is 0 Å². The van der Waals surface area contributed by atoms with Crippen LogP contribution in [0.15, 0.2) is 0 Å². The molecule has 0 aliphatic heterocycles. The lowest BCUT2D eigenvalue weighted by atomic mass is 10.0. The molecule has 0 rings (SSSR count). The summed E-state index contributed by atoms with van der Waals surface area (Å²) in [7, 11) is 5.30. The van der Waals surface area contributed by atoms with E-state index in [-0.39, 0.29) is 0 Å². The van der Waals surface area contributed by atoms with Crippen molar-refractivity contribution in [2.24, 2.45) is 0 Å². The second kappa shape index (κ2) is 8.44. The van der Waals surface area contributed by atoms with E-state index in [9.17, 15) is 0 Å². The van der Waals surface area contributed by atoms with Gasteiger partial charge >= 0.3 is 0 Å². The third-order valence-electron chi connectivity index (χ3n) is 3.69. The fraction of sp³-hybridized carbons (Fsp3) is 1.00. The van der Waals surface area contributed by atoms with E-state index in [0.29, 0.717) is 5.16 Å². The number of nitrogens with zero attached hydrogens (tertiary/aromatic N) is 2. The molecule has 0 saturated heterocycles. The van der Waals surface area contributed by atoms with Gasteiger partial charge < -0.3 is 9.80 Å². The molecule has 16 heavy (non-hydrogen) atoms. The first-order valence-electron chi connectivity index (χ1n) is 6.71. The molecule has 1 unspecified atom stereocenters. The van der Waals surface area contributed by atoms with Crippen LogP contribution in [0.3, 0.4) is 0 Å². The summed E-state index contributed by atoms with van der Waals surface area (Å²) in [6, 6.07) is 0. The average molecular weight is 246 g/mol. The molecule has 0 saturated carbocycles. The molecule has 0 aromatic carbocycles. The van der Waals surface area contributed by atoms with Crippen LogP contribution < -0.4 is 0 Å². The average Bonchev–Trinajstić information content (AvgIpc) is 2.30. The van der Waals surface area contributed by atoms with E-state index in [4.69, 9.17) is 0 Å². The van der Waals surface area contributed by atoms with Gasteiger partial charge in [-0.2, -0.15) is 0 Å². The van der Waals surface area contributed by atoms with Crippen LogP contribution in [0.5, 0.6) is 0 Å². The molecule has 0 fully saturated rings. The summed E-state index contributed by atoms with van der Waals surface area (Å²) in [5.41, 5.74) is 0. The molecule has 1 atom stereocenters. The minimum absolute atomic E-state index is 0.415. The zero-order valence-corrected chi connectivity index (χ0v) is 13.1.